The van der Waals surface area contributed by atoms with E-state index in [0.29, 0.717) is 5.92 Å². The molecule has 1 aliphatic rings. The minimum absolute atomic E-state index is 0.459. The number of hydrogen-bond donors (Lipinski definition) is 1. The van der Waals surface area contributed by atoms with E-state index in [9.17, 15) is 0 Å². The van der Waals surface area contributed by atoms with Crippen LogP contribution in [0.4, 0.5) is 0 Å². The molecule has 90 valence electrons. The van der Waals surface area contributed by atoms with Crippen molar-refractivity contribution in [3.05, 3.63) is 65.7 Å². The Balaban J connectivity index is 2.21. The number of likely N-dealkylation sites (N-methyl/N-ethyl adjacent to an activating group) is 1. The Morgan fingerprint density at radius 3 is 2.67 bits per heavy atom. The van der Waals surface area contributed by atoms with Gasteiger partial charge in [0.25, 0.3) is 0 Å². The van der Waals surface area contributed by atoms with Crippen LogP contribution in [0.25, 0.3) is 17.2 Å². The van der Waals surface area contributed by atoms with Crippen molar-refractivity contribution in [2.75, 3.05) is 13.6 Å². The standard InChI is InChI=1S/C17H17N/c1-3-12-8-9-15-13-6-4-5-7-14(13)17(11-18-2)16(15)10-12/h3-10,17-18H,1,11H2,2H3. The van der Waals surface area contributed by atoms with Crippen molar-refractivity contribution in [3.8, 4) is 11.1 Å². The van der Waals surface area contributed by atoms with Crippen LogP contribution in [0.1, 0.15) is 22.6 Å². The van der Waals surface area contributed by atoms with Gasteiger partial charge < -0.3 is 5.32 Å². The van der Waals surface area contributed by atoms with Gasteiger partial charge in [0.15, 0.2) is 0 Å². The van der Waals surface area contributed by atoms with Crippen molar-refractivity contribution in [2.24, 2.45) is 0 Å². The monoisotopic (exact) mass is 235 g/mol. The first-order valence-electron chi connectivity index (χ1n) is 6.35. The zero-order valence-corrected chi connectivity index (χ0v) is 10.6. The van der Waals surface area contributed by atoms with Gasteiger partial charge in [-0.25, -0.2) is 0 Å². The molecule has 1 nitrogen and oxygen atoms in total. The van der Waals surface area contributed by atoms with Crippen LogP contribution in [0.5, 0.6) is 0 Å². The van der Waals surface area contributed by atoms with Crippen molar-refractivity contribution >= 4 is 6.08 Å². The van der Waals surface area contributed by atoms with E-state index < -0.39 is 0 Å². The van der Waals surface area contributed by atoms with E-state index >= 15 is 0 Å². The Kier molecular flexibility index (Phi) is 2.77. The Bertz CT molecular complexity index is 598. The van der Waals surface area contributed by atoms with Crippen LogP contribution in [0.2, 0.25) is 0 Å². The number of rotatable bonds is 3. The number of benzene rings is 2. The Labute approximate surface area is 108 Å². The number of fused-ring (bicyclic) bond motifs is 3. The predicted octanol–water partition coefficient (Wildman–Crippen LogP) is 3.66. The van der Waals surface area contributed by atoms with Crippen molar-refractivity contribution in [1.82, 2.24) is 5.32 Å². The van der Waals surface area contributed by atoms with Crippen LogP contribution >= 0.6 is 0 Å². The molecule has 1 heteroatoms. The minimum atomic E-state index is 0.459. The molecule has 1 N–H and O–H groups in total. The van der Waals surface area contributed by atoms with E-state index in [1.54, 1.807) is 0 Å². The fourth-order valence-corrected chi connectivity index (χ4v) is 2.88. The van der Waals surface area contributed by atoms with Crippen molar-refractivity contribution in [2.45, 2.75) is 5.92 Å². The lowest BCUT2D eigenvalue weighted by molar-refractivity contribution is 0.720. The fourth-order valence-electron chi connectivity index (χ4n) is 2.88. The summed E-state index contributed by atoms with van der Waals surface area (Å²) in [6.07, 6.45) is 1.92. The molecule has 0 bridgehead atoms. The van der Waals surface area contributed by atoms with Crippen LogP contribution in [0.3, 0.4) is 0 Å². The van der Waals surface area contributed by atoms with Crippen LogP contribution in [-0.2, 0) is 0 Å². The molecule has 2 aromatic carbocycles. The van der Waals surface area contributed by atoms with E-state index in [2.05, 4.69) is 54.4 Å². The van der Waals surface area contributed by atoms with Crippen molar-refractivity contribution < 1.29 is 0 Å². The fraction of sp³-hybridized carbons (Fsp3) is 0.176. The highest BCUT2D eigenvalue weighted by Gasteiger charge is 2.27. The first kappa shape index (κ1) is 11.2. The summed E-state index contributed by atoms with van der Waals surface area (Å²) in [4.78, 5) is 0. The van der Waals surface area contributed by atoms with Crippen molar-refractivity contribution in [3.63, 3.8) is 0 Å². The normalized spacial score (nSPS) is 16.2. The molecule has 0 heterocycles. The molecule has 18 heavy (non-hydrogen) atoms. The summed E-state index contributed by atoms with van der Waals surface area (Å²) >= 11 is 0. The van der Waals surface area contributed by atoms with Gasteiger partial charge in [-0.05, 0) is 34.9 Å². The molecule has 1 atom stereocenters. The molecule has 0 radical (unpaired) electrons. The molecule has 0 spiro atoms. The SMILES string of the molecule is C=Cc1ccc2c(c1)C(CNC)c1ccccc1-2. The second kappa shape index (κ2) is 4.43. The summed E-state index contributed by atoms with van der Waals surface area (Å²) in [6, 6.07) is 15.3. The van der Waals surface area contributed by atoms with E-state index in [-0.39, 0.29) is 0 Å². The summed E-state index contributed by atoms with van der Waals surface area (Å²) in [5.74, 6) is 0.459. The molecular weight excluding hydrogens is 218 g/mol. The lowest BCUT2D eigenvalue weighted by Crippen LogP contribution is -2.16. The molecule has 0 saturated heterocycles. The highest BCUT2D eigenvalue weighted by atomic mass is 14.8. The summed E-state index contributed by atoms with van der Waals surface area (Å²) < 4.78 is 0. The lowest BCUT2D eigenvalue weighted by Gasteiger charge is -2.13. The third-order valence-corrected chi connectivity index (χ3v) is 3.72. The highest BCUT2D eigenvalue weighted by Crippen LogP contribution is 2.44. The maximum Gasteiger partial charge on any atom is 0.0227 e. The Morgan fingerprint density at radius 1 is 1.11 bits per heavy atom. The first-order valence-corrected chi connectivity index (χ1v) is 6.35. The molecule has 2 aromatic rings. The maximum absolute atomic E-state index is 3.86. The summed E-state index contributed by atoms with van der Waals surface area (Å²) in [5.41, 5.74) is 6.80. The predicted molar refractivity (Wildman–Crippen MR) is 77.7 cm³/mol. The first-order chi connectivity index (χ1) is 8.85. The maximum atomic E-state index is 3.86. The van der Waals surface area contributed by atoms with Crippen molar-refractivity contribution in [1.29, 1.82) is 0 Å². The number of hydrogen-bond acceptors (Lipinski definition) is 1. The van der Waals surface area contributed by atoms with E-state index in [1.807, 2.05) is 13.1 Å². The average Bonchev–Trinajstić information content (AvgIpc) is 2.73. The van der Waals surface area contributed by atoms with Gasteiger partial charge in [0, 0.05) is 12.5 Å². The van der Waals surface area contributed by atoms with Crippen LogP contribution < -0.4 is 5.32 Å². The molecule has 0 saturated carbocycles. The average molecular weight is 235 g/mol. The second-order valence-electron chi connectivity index (χ2n) is 4.75. The van der Waals surface area contributed by atoms with Gasteiger partial charge in [-0.15, -0.1) is 0 Å². The summed E-state index contributed by atoms with van der Waals surface area (Å²) in [5, 5.41) is 3.30. The van der Waals surface area contributed by atoms with Gasteiger partial charge in [0.1, 0.15) is 0 Å². The Morgan fingerprint density at radius 2 is 1.89 bits per heavy atom. The van der Waals surface area contributed by atoms with Gasteiger partial charge in [0.05, 0.1) is 0 Å². The smallest absolute Gasteiger partial charge is 0.0227 e. The van der Waals surface area contributed by atoms with E-state index in [4.69, 9.17) is 0 Å². The van der Waals surface area contributed by atoms with Gasteiger partial charge in [0.2, 0.25) is 0 Å². The molecule has 0 fully saturated rings. The summed E-state index contributed by atoms with van der Waals surface area (Å²) in [6.45, 7) is 4.84. The largest absolute Gasteiger partial charge is 0.319 e. The van der Waals surface area contributed by atoms with E-state index in [1.165, 1.54) is 27.8 Å². The molecule has 0 aromatic heterocycles. The van der Waals surface area contributed by atoms with Crippen LogP contribution in [0, 0.1) is 0 Å². The quantitative estimate of drug-likeness (QED) is 0.856. The third-order valence-electron chi connectivity index (χ3n) is 3.72. The molecule has 1 aliphatic carbocycles. The minimum Gasteiger partial charge on any atom is -0.319 e. The molecule has 1 unspecified atom stereocenters. The molecule has 0 amide bonds. The molecule has 0 aliphatic heterocycles. The lowest BCUT2D eigenvalue weighted by atomic mass is 9.96. The zero-order valence-electron chi connectivity index (χ0n) is 10.6. The molecule has 3 rings (SSSR count). The van der Waals surface area contributed by atoms with Gasteiger partial charge in [-0.3, -0.25) is 0 Å². The Hall–Kier alpha value is -1.86. The van der Waals surface area contributed by atoms with Crippen LogP contribution in [-0.4, -0.2) is 13.6 Å². The van der Waals surface area contributed by atoms with Crippen LogP contribution in [0.15, 0.2) is 49.0 Å². The van der Waals surface area contributed by atoms with Gasteiger partial charge in [-0.1, -0.05) is 55.1 Å². The molecular formula is C17H17N. The second-order valence-corrected chi connectivity index (χ2v) is 4.75. The van der Waals surface area contributed by atoms with E-state index in [0.717, 1.165) is 6.54 Å². The third kappa shape index (κ3) is 1.59. The zero-order chi connectivity index (χ0) is 12.5. The van der Waals surface area contributed by atoms with Gasteiger partial charge >= 0.3 is 0 Å². The van der Waals surface area contributed by atoms with Gasteiger partial charge in [-0.2, -0.15) is 0 Å². The summed E-state index contributed by atoms with van der Waals surface area (Å²) in [7, 11) is 2.01. The number of nitrogens with one attached hydrogen (secondary N) is 1. The topological polar surface area (TPSA) is 12.0 Å². The highest BCUT2D eigenvalue weighted by molar-refractivity contribution is 5.80.